The van der Waals surface area contributed by atoms with Crippen molar-refractivity contribution < 1.29 is 13.6 Å². The lowest BCUT2D eigenvalue weighted by Gasteiger charge is -2.10. The minimum atomic E-state index is -0.819. The fourth-order valence-electron chi connectivity index (χ4n) is 1.98. The maximum absolute atomic E-state index is 13.6. The number of aromatic nitrogens is 2. The first-order valence-corrected chi connectivity index (χ1v) is 9.29. The molecule has 1 heterocycles. The van der Waals surface area contributed by atoms with Crippen molar-refractivity contribution in [1.82, 2.24) is 10.2 Å². The zero-order chi connectivity index (χ0) is 18.5. The highest BCUT2D eigenvalue weighted by Gasteiger charge is 2.18. The first-order valence-electron chi connectivity index (χ1n) is 7.59. The van der Waals surface area contributed by atoms with Gasteiger partial charge in [-0.2, -0.15) is 0 Å². The second-order valence-corrected chi connectivity index (χ2v) is 7.80. The Morgan fingerprint density at radius 3 is 2.65 bits per heavy atom. The zero-order valence-electron chi connectivity index (χ0n) is 13.6. The summed E-state index contributed by atoms with van der Waals surface area (Å²) < 4.78 is 27.1. The van der Waals surface area contributed by atoms with Crippen molar-refractivity contribution in [3.05, 3.63) is 60.2 Å². The minimum Gasteiger partial charge on any atom is -0.330 e. The van der Waals surface area contributed by atoms with E-state index in [4.69, 9.17) is 0 Å². The Labute approximate surface area is 156 Å². The number of carbonyl (C=O) groups is 1. The number of carbonyl (C=O) groups excluding carboxylic acids is 1. The van der Waals surface area contributed by atoms with E-state index in [1.807, 2.05) is 30.3 Å². The van der Waals surface area contributed by atoms with Crippen LogP contribution in [0, 0.1) is 11.6 Å². The van der Waals surface area contributed by atoms with E-state index in [9.17, 15) is 13.6 Å². The predicted molar refractivity (Wildman–Crippen MR) is 99.9 cm³/mol. The van der Waals surface area contributed by atoms with Crippen LogP contribution in [0.3, 0.4) is 0 Å². The largest absolute Gasteiger partial charge is 0.330 e. The summed E-state index contributed by atoms with van der Waals surface area (Å²) in [5.74, 6) is -1.93. The summed E-state index contributed by atoms with van der Waals surface area (Å²) in [4.78, 5) is 12.2. The van der Waals surface area contributed by atoms with E-state index in [1.165, 1.54) is 29.2 Å². The molecule has 3 aromatic rings. The molecule has 0 fully saturated rings. The molecule has 26 heavy (non-hydrogen) atoms. The smallest absolute Gasteiger partial charge is 0.237 e. The maximum Gasteiger partial charge on any atom is 0.237 e. The molecule has 9 heteroatoms. The van der Waals surface area contributed by atoms with Crippen molar-refractivity contribution in [2.45, 2.75) is 16.5 Å². The number of nitrogens with one attached hydrogen (secondary N) is 2. The Balaban J connectivity index is 1.59. The van der Waals surface area contributed by atoms with Gasteiger partial charge in [-0.05, 0) is 31.2 Å². The van der Waals surface area contributed by atoms with E-state index in [0.717, 1.165) is 17.8 Å². The molecule has 0 saturated carbocycles. The molecule has 5 nitrogen and oxygen atoms in total. The molecule has 0 bridgehead atoms. The SMILES string of the molecule is C[C@@H](Sc1nnc(Nc2ccccc2)s1)C(=O)Nc1ccc(F)cc1F. The van der Waals surface area contributed by atoms with E-state index in [0.29, 0.717) is 9.47 Å². The third-order valence-corrected chi connectivity index (χ3v) is 5.29. The molecule has 1 atom stereocenters. The zero-order valence-corrected chi connectivity index (χ0v) is 15.2. The fourth-order valence-corrected chi connectivity index (χ4v) is 3.90. The number of halogens is 2. The molecule has 3 rings (SSSR count). The molecule has 0 radical (unpaired) electrons. The lowest BCUT2D eigenvalue weighted by Crippen LogP contribution is -2.22. The summed E-state index contributed by atoms with van der Waals surface area (Å²) in [6.07, 6.45) is 0. The highest BCUT2D eigenvalue weighted by atomic mass is 32.2. The van der Waals surface area contributed by atoms with Crippen molar-refractivity contribution in [3.63, 3.8) is 0 Å². The molecular formula is C17H14F2N4OS2. The van der Waals surface area contributed by atoms with Crippen molar-refractivity contribution in [2.75, 3.05) is 10.6 Å². The van der Waals surface area contributed by atoms with Crippen LogP contribution in [0.4, 0.5) is 25.3 Å². The molecule has 0 spiro atoms. The van der Waals surface area contributed by atoms with E-state index in [1.54, 1.807) is 6.92 Å². The molecule has 2 aromatic carbocycles. The monoisotopic (exact) mass is 392 g/mol. The van der Waals surface area contributed by atoms with Crippen molar-refractivity contribution in [1.29, 1.82) is 0 Å². The van der Waals surface area contributed by atoms with Gasteiger partial charge in [0.05, 0.1) is 10.9 Å². The summed E-state index contributed by atoms with van der Waals surface area (Å²) in [7, 11) is 0. The maximum atomic E-state index is 13.6. The van der Waals surface area contributed by atoms with Gasteiger partial charge >= 0.3 is 0 Å². The van der Waals surface area contributed by atoms with Crippen LogP contribution in [-0.2, 0) is 4.79 Å². The van der Waals surface area contributed by atoms with E-state index >= 15 is 0 Å². The highest BCUT2D eigenvalue weighted by Crippen LogP contribution is 2.31. The Hall–Kier alpha value is -2.52. The van der Waals surface area contributed by atoms with Crippen LogP contribution < -0.4 is 10.6 Å². The van der Waals surface area contributed by atoms with Gasteiger partial charge in [-0.25, -0.2) is 8.78 Å². The normalized spacial score (nSPS) is 11.8. The van der Waals surface area contributed by atoms with Gasteiger partial charge in [0.25, 0.3) is 0 Å². The standard InChI is InChI=1S/C17H14F2N4OS2/c1-10(15(24)21-14-8-7-11(18)9-13(14)19)25-17-23-22-16(26-17)20-12-5-3-2-4-6-12/h2-10H,1H3,(H,20,22)(H,21,24)/t10-/m1/s1. The highest BCUT2D eigenvalue weighted by molar-refractivity contribution is 8.02. The Kier molecular flexibility index (Phi) is 5.79. The van der Waals surface area contributed by atoms with Crippen LogP contribution in [0.25, 0.3) is 0 Å². The van der Waals surface area contributed by atoms with E-state index in [2.05, 4.69) is 20.8 Å². The summed E-state index contributed by atoms with van der Waals surface area (Å²) in [5.41, 5.74) is 0.824. The molecular weight excluding hydrogens is 378 g/mol. The number of hydrogen-bond acceptors (Lipinski definition) is 6. The van der Waals surface area contributed by atoms with Gasteiger partial charge in [0, 0.05) is 11.8 Å². The topological polar surface area (TPSA) is 66.9 Å². The first-order chi connectivity index (χ1) is 12.5. The number of amides is 1. The molecule has 2 N–H and O–H groups in total. The number of benzene rings is 2. The van der Waals surface area contributed by atoms with Crippen LogP contribution in [0.5, 0.6) is 0 Å². The van der Waals surface area contributed by atoms with E-state index < -0.39 is 22.8 Å². The lowest BCUT2D eigenvalue weighted by atomic mass is 10.3. The van der Waals surface area contributed by atoms with Crippen molar-refractivity contribution in [3.8, 4) is 0 Å². The Morgan fingerprint density at radius 1 is 1.15 bits per heavy atom. The van der Waals surface area contributed by atoms with Crippen LogP contribution in [0.2, 0.25) is 0 Å². The summed E-state index contributed by atoms with van der Waals surface area (Å²) >= 11 is 2.52. The Morgan fingerprint density at radius 2 is 1.92 bits per heavy atom. The Bertz CT molecular complexity index is 905. The van der Waals surface area contributed by atoms with Crippen LogP contribution in [-0.4, -0.2) is 21.4 Å². The molecule has 0 aliphatic rings. The van der Waals surface area contributed by atoms with Gasteiger partial charge in [0.1, 0.15) is 11.6 Å². The summed E-state index contributed by atoms with van der Waals surface area (Å²) in [6, 6.07) is 12.5. The average molecular weight is 392 g/mol. The second-order valence-electron chi connectivity index (χ2n) is 5.24. The van der Waals surface area contributed by atoms with Crippen LogP contribution in [0.15, 0.2) is 52.9 Å². The third-order valence-electron chi connectivity index (χ3n) is 3.27. The van der Waals surface area contributed by atoms with Crippen LogP contribution in [0.1, 0.15) is 6.92 Å². The first kappa shape index (κ1) is 18.3. The number of hydrogen-bond donors (Lipinski definition) is 2. The second kappa shape index (κ2) is 8.24. The number of thioether (sulfide) groups is 1. The van der Waals surface area contributed by atoms with E-state index in [-0.39, 0.29) is 5.69 Å². The molecule has 1 aromatic heterocycles. The van der Waals surface area contributed by atoms with Crippen molar-refractivity contribution >= 4 is 45.5 Å². The third kappa shape index (κ3) is 4.77. The van der Waals surface area contributed by atoms with Crippen LogP contribution >= 0.6 is 23.1 Å². The molecule has 0 unspecified atom stereocenters. The fraction of sp³-hybridized carbons (Fsp3) is 0.118. The number of rotatable bonds is 6. The molecule has 1 amide bonds. The number of para-hydroxylation sites is 1. The lowest BCUT2D eigenvalue weighted by molar-refractivity contribution is -0.115. The average Bonchev–Trinajstić information content (AvgIpc) is 3.05. The minimum absolute atomic E-state index is 0.0625. The molecule has 0 aliphatic heterocycles. The van der Waals surface area contributed by atoms with Gasteiger partial charge in [-0.1, -0.05) is 41.3 Å². The van der Waals surface area contributed by atoms with Gasteiger partial charge in [-0.3, -0.25) is 4.79 Å². The molecule has 0 aliphatic carbocycles. The van der Waals surface area contributed by atoms with Crippen molar-refractivity contribution in [2.24, 2.45) is 0 Å². The number of nitrogens with zero attached hydrogens (tertiary/aromatic N) is 2. The van der Waals surface area contributed by atoms with Gasteiger partial charge in [-0.15, -0.1) is 10.2 Å². The van der Waals surface area contributed by atoms with Gasteiger partial charge in [0.15, 0.2) is 4.34 Å². The quantitative estimate of drug-likeness (QED) is 0.596. The summed E-state index contributed by atoms with van der Waals surface area (Å²) in [6.45, 7) is 1.67. The van der Waals surface area contributed by atoms with Gasteiger partial charge in [0.2, 0.25) is 11.0 Å². The predicted octanol–water partition coefficient (Wildman–Crippen LogP) is 4.68. The molecule has 0 saturated heterocycles. The summed E-state index contributed by atoms with van der Waals surface area (Å²) in [5, 5.41) is 13.7. The number of anilines is 3. The van der Waals surface area contributed by atoms with Gasteiger partial charge < -0.3 is 10.6 Å². The molecule has 134 valence electrons.